The summed E-state index contributed by atoms with van der Waals surface area (Å²) in [6.45, 7) is 1.60. The Kier molecular flexibility index (Phi) is 5.16. The van der Waals surface area contributed by atoms with Crippen molar-refractivity contribution in [2.75, 3.05) is 24.6 Å². The fourth-order valence-corrected chi connectivity index (χ4v) is 3.93. The SMILES string of the molecule is O=C(NCC1COc2ccccc2C1)C1CC(=O)N(c2ccc(Br)cc2)C1. The third-order valence-corrected chi connectivity index (χ3v) is 5.68. The van der Waals surface area contributed by atoms with Crippen molar-refractivity contribution in [3.05, 3.63) is 58.6 Å². The van der Waals surface area contributed by atoms with E-state index in [4.69, 9.17) is 4.74 Å². The van der Waals surface area contributed by atoms with Crippen LogP contribution in [-0.4, -0.2) is 31.5 Å². The standard InChI is InChI=1S/C21H21BrN2O3/c22-17-5-7-18(8-6-17)24-12-16(10-20(24)25)21(26)23-11-14-9-15-3-1-2-4-19(15)27-13-14/h1-8,14,16H,9-13H2,(H,23,26). The number of hydrogen-bond donors (Lipinski definition) is 1. The van der Waals surface area contributed by atoms with Gasteiger partial charge in [-0.05, 0) is 42.3 Å². The first-order valence-corrected chi connectivity index (χ1v) is 9.94. The van der Waals surface area contributed by atoms with Crippen molar-refractivity contribution in [3.63, 3.8) is 0 Å². The van der Waals surface area contributed by atoms with Gasteiger partial charge in [-0.15, -0.1) is 0 Å². The first kappa shape index (κ1) is 18.0. The number of nitrogens with one attached hydrogen (secondary N) is 1. The summed E-state index contributed by atoms with van der Waals surface area (Å²) >= 11 is 3.39. The minimum absolute atomic E-state index is 0.00704. The highest BCUT2D eigenvalue weighted by Crippen LogP contribution is 2.28. The third kappa shape index (κ3) is 4.00. The molecule has 1 fully saturated rings. The van der Waals surface area contributed by atoms with Crippen LogP contribution in [0.5, 0.6) is 5.75 Å². The minimum atomic E-state index is -0.307. The molecule has 2 heterocycles. The second-order valence-electron chi connectivity index (χ2n) is 7.12. The predicted octanol–water partition coefficient (Wildman–Crippen LogP) is 3.17. The van der Waals surface area contributed by atoms with Gasteiger partial charge in [0.25, 0.3) is 0 Å². The van der Waals surface area contributed by atoms with Crippen molar-refractivity contribution in [2.24, 2.45) is 11.8 Å². The van der Waals surface area contributed by atoms with E-state index in [1.54, 1.807) is 4.90 Å². The average molecular weight is 429 g/mol. The van der Waals surface area contributed by atoms with Gasteiger partial charge in [-0.25, -0.2) is 0 Å². The maximum Gasteiger partial charge on any atom is 0.227 e. The van der Waals surface area contributed by atoms with Crippen molar-refractivity contribution in [2.45, 2.75) is 12.8 Å². The highest BCUT2D eigenvalue weighted by molar-refractivity contribution is 9.10. The Bertz CT molecular complexity index is 853. The lowest BCUT2D eigenvalue weighted by Crippen LogP contribution is -2.38. The maximum atomic E-state index is 12.6. The molecule has 0 spiro atoms. The van der Waals surface area contributed by atoms with Gasteiger partial charge >= 0.3 is 0 Å². The monoisotopic (exact) mass is 428 g/mol. The van der Waals surface area contributed by atoms with Gasteiger partial charge in [0.1, 0.15) is 5.75 Å². The smallest absolute Gasteiger partial charge is 0.227 e. The lowest BCUT2D eigenvalue weighted by molar-refractivity contribution is -0.126. The molecule has 1 N–H and O–H groups in total. The highest BCUT2D eigenvalue weighted by atomic mass is 79.9. The molecule has 1 saturated heterocycles. The fourth-order valence-electron chi connectivity index (χ4n) is 3.66. The van der Waals surface area contributed by atoms with Gasteiger partial charge in [0, 0.05) is 35.6 Å². The number of halogens is 1. The number of anilines is 1. The zero-order valence-corrected chi connectivity index (χ0v) is 16.4. The summed E-state index contributed by atoms with van der Waals surface area (Å²) in [5, 5.41) is 3.02. The second kappa shape index (κ2) is 7.72. The van der Waals surface area contributed by atoms with Crippen molar-refractivity contribution in [3.8, 4) is 5.75 Å². The van der Waals surface area contributed by atoms with E-state index < -0.39 is 0 Å². The molecule has 6 heteroatoms. The lowest BCUT2D eigenvalue weighted by Gasteiger charge is -2.25. The van der Waals surface area contributed by atoms with Crippen LogP contribution in [0.1, 0.15) is 12.0 Å². The number of ether oxygens (including phenoxy) is 1. The van der Waals surface area contributed by atoms with Crippen LogP contribution in [0.25, 0.3) is 0 Å². The molecule has 4 rings (SSSR count). The van der Waals surface area contributed by atoms with Crippen LogP contribution < -0.4 is 15.0 Å². The van der Waals surface area contributed by atoms with Crippen molar-refractivity contribution >= 4 is 33.4 Å². The molecule has 0 bridgehead atoms. The zero-order chi connectivity index (χ0) is 18.8. The summed E-state index contributed by atoms with van der Waals surface area (Å²) in [4.78, 5) is 26.6. The summed E-state index contributed by atoms with van der Waals surface area (Å²) in [7, 11) is 0. The van der Waals surface area contributed by atoms with E-state index in [0.29, 0.717) is 19.7 Å². The molecule has 2 aliphatic heterocycles. The first-order chi connectivity index (χ1) is 13.1. The van der Waals surface area contributed by atoms with Crippen LogP contribution in [0.4, 0.5) is 5.69 Å². The Morgan fingerprint density at radius 1 is 1.15 bits per heavy atom. The van der Waals surface area contributed by atoms with Gasteiger partial charge in [0.05, 0.1) is 12.5 Å². The normalized spacial score (nSPS) is 21.5. The summed E-state index contributed by atoms with van der Waals surface area (Å²) in [6.07, 6.45) is 1.15. The maximum absolute atomic E-state index is 12.6. The number of amides is 2. The Hall–Kier alpha value is -2.34. The number of carbonyl (C=O) groups is 2. The number of carbonyl (C=O) groups excluding carboxylic acids is 2. The van der Waals surface area contributed by atoms with Gasteiger partial charge in [-0.3, -0.25) is 9.59 Å². The molecule has 2 atom stereocenters. The molecule has 0 radical (unpaired) electrons. The first-order valence-electron chi connectivity index (χ1n) is 9.14. The molecule has 27 heavy (non-hydrogen) atoms. The van der Waals surface area contributed by atoms with Gasteiger partial charge in [0.2, 0.25) is 11.8 Å². The Morgan fingerprint density at radius 3 is 2.74 bits per heavy atom. The van der Waals surface area contributed by atoms with Crippen LogP contribution >= 0.6 is 15.9 Å². The minimum Gasteiger partial charge on any atom is -0.493 e. The number of hydrogen-bond acceptors (Lipinski definition) is 3. The topological polar surface area (TPSA) is 58.6 Å². The second-order valence-corrected chi connectivity index (χ2v) is 8.03. The largest absolute Gasteiger partial charge is 0.493 e. The van der Waals surface area contributed by atoms with E-state index in [0.717, 1.165) is 22.3 Å². The van der Waals surface area contributed by atoms with Gasteiger partial charge in [-0.2, -0.15) is 0 Å². The fraction of sp³-hybridized carbons (Fsp3) is 0.333. The van der Waals surface area contributed by atoms with Crippen LogP contribution in [0.3, 0.4) is 0 Å². The molecule has 2 aromatic carbocycles. The van der Waals surface area contributed by atoms with E-state index in [9.17, 15) is 9.59 Å². The molecular weight excluding hydrogens is 408 g/mol. The van der Waals surface area contributed by atoms with E-state index in [1.807, 2.05) is 42.5 Å². The number of rotatable bonds is 4. The highest BCUT2D eigenvalue weighted by Gasteiger charge is 2.35. The van der Waals surface area contributed by atoms with Crippen LogP contribution in [0.2, 0.25) is 0 Å². The molecule has 0 aliphatic carbocycles. The molecular formula is C21H21BrN2O3. The number of benzene rings is 2. The van der Waals surface area contributed by atoms with E-state index in [-0.39, 0.29) is 30.1 Å². The van der Waals surface area contributed by atoms with E-state index >= 15 is 0 Å². The summed E-state index contributed by atoms with van der Waals surface area (Å²) in [5.74, 6) is 0.822. The summed E-state index contributed by atoms with van der Waals surface area (Å²) < 4.78 is 6.74. The zero-order valence-electron chi connectivity index (χ0n) is 14.9. The van der Waals surface area contributed by atoms with Crippen molar-refractivity contribution in [1.29, 1.82) is 0 Å². The van der Waals surface area contributed by atoms with Crippen LogP contribution in [0.15, 0.2) is 53.0 Å². The quantitative estimate of drug-likeness (QED) is 0.813. The Morgan fingerprint density at radius 2 is 1.93 bits per heavy atom. The number of fused-ring (bicyclic) bond motifs is 1. The molecule has 5 nitrogen and oxygen atoms in total. The molecule has 0 saturated carbocycles. The van der Waals surface area contributed by atoms with Gasteiger partial charge in [-0.1, -0.05) is 34.1 Å². The van der Waals surface area contributed by atoms with Crippen LogP contribution in [-0.2, 0) is 16.0 Å². The van der Waals surface area contributed by atoms with E-state index in [2.05, 4.69) is 27.3 Å². The summed E-state index contributed by atoms with van der Waals surface area (Å²) in [5.41, 5.74) is 2.01. The van der Waals surface area contributed by atoms with Crippen molar-refractivity contribution < 1.29 is 14.3 Å². The Labute approximate surface area is 166 Å². The third-order valence-electron chi connectivity index (χ3n) is 5.15. The van der Waals surface area contributed by atoms with Crippen molar-refractivity contribution in [1.82, 2.24) is 5.32 Å². The van der Waals surface area contributed by atoms with Gasteiger partial charge < -0.3 is 15.0 Å². The predicted molar refractivity (Wildman–Crippen MR) is 107 cm³/mol. The molecule has 2 amide bonds. The Balaban J connectivity index is 1.32. The lowest BCUT2D eigenvalue weighted by atomic mass is 9.96. The molecule has 2 unspecified atom stereocenters. The molecule has 2 aliphatic rings. The molecule has 140 valence electrons. The molecule has 2 aromatic rings. The molecule has 0 aromatic heterocycles. The van der Waals surface area contributed by atoms with E-state index in [1.165, 1.54) is 5.56 Å². The number of para-hydroxylation sites is 1. The van der Waals surface area contributed by atoms with Crippen LogP contribution in [0, 0.1) is 11.8 Å². The summed E-state index contributed by atoms with van der Waals surface area (Å²) in [6, 6.07) is 15.6. The van der Waals surface area contributed by atoms with Gasteiger partial charge in [0.15, 0.2) is 0 Å². The number of nitrogens with zero attached hydrogens (tertiary/aromatic N) is 1. The average Bonchev–Trinajstić information content (AvgIpc) is 3.08.